The zero-order valence-electron chi connectivity index (χ0n) is 62.9. The number of aliphatic hydroxyl groups is 15. The molecule has 0 fully saturated rings. The van der Waals surface area contributed by atoms with Crippen molar-refractivity contribution in [2.45, 2.75) is 199 Å². The first-order chi connectivity index (χ1) is 55.5. The van der Waals surface area contributed by atoms with E-state index in [2.05, 4.69) is 78.4 Å². The van der Waals surface area contributed by atoms with Gasteiger partial charge in [-0.05, 0) is 69.0 Å². The van der Waals surface area contributed by atoms with Crippen molar-refractivity contribution < 1.29 is 164 Å². The Kier molecular flexibility index (Phi) is 44.8. The number of carboxylic acids is 4. The molecule has 0 aliphatic heterocycles. The number of nitrogens with zero attached hydrogens (tertiary/aromatic N) is 3. The third-order valence-electron chi connectivity index (χ3n) is 17.3. The molecule has 2 heterocycles. The highest BCUT2D eigenvalue weighted by Gasteiger charge is 2.38. The number of rotatable bonds is 57. The van der Waals surface area contributed by atoms with Gasteiger partial charge in [0, 0.05) is 75.2 Å². The number of hydrogen-bond donors (Lipinski definition) is 32. The Morgan fingerprint density at radius 2 is 0.771 bits per heavy atom. The second-order valence-corrected chi connectivity index (χ2v) is 28.9. The molecule has 50 nitrogen and oxygen atoms in total. The van der Waals surface area contributed by atoms with Gasteiger partial charge in [0.2, 0.25) is 59.1 Å². The summed E-state index contributed by atoms with van der Waals surface area (Å²) in [5, 5.41) is 213. The fourth-order valence-electron chi connectivity index (χ4n) is 10.4. The summed E-state index contributed by atoms with van der Waals surface area (Å²) in [4.78, 5) is 215. The van der Waals surface area contributed by atoms with E-state index >= 15 is 0 Å². The first kappa shape index (κ1) is 102. The van der Waals surface area contributed by atoms with E-state index in [0.29, 0.717) is 5.69 Å². The molecular weight excluding hydrogens is 1620 g/mol. The molecule has 0 unspecified atom stereocenters. The Bertz CT molecular complexity index is 3920. The second-order valence-electron chi connectivity index (χ2n) is 26.3. The van der Waals surface area contributed by atoms with Gasteiger partial charge in [0.1, 0.15) is 97.2 Å². The minimum Gasteiger partial charge on any atom is -0.481 e. The van der Waals surface area contributed by atoms with E-state index < -0.39 is 321 Å². The maximum absolute atomic E-state index is 14.7. The van der Waals surface area contributed by atoms with Crippen LogP contribution in [0.15, 0.2) is 35.3 Å². The van der Waals surface area contributed by atoms with E-state index in [4.69, 9.17) is 10.8 Å². The normalized spacial score (nSPS) is 16.2. The molecule has 0 bridgehead atoms. The van der Waals surface area contributed by atoms with Crippen LogP contribution in [0.5, 0.6) is 0 Å². The summed E-state index contributed by atoms with van der Waals surface area (Å²) in [6.45, 7) is -5.95. The number of aliphatic carboxylic acids is 4. The van der Waals surface area contributed by atoms with E-state index in [1.54, 1.807) is 6.26 Å². The highest BCUT2D eigenvalue weighted by atomic mass is 33.1. The van der Waals surface area contributed by atoms with Gasteiger partial charge < -0.3 is 161 Å². The van der Waals surface area contributed by atoms with Crippen molar-refractivity contribution in [1.29, 1.82) is 0 Å². The number of nitrogen functional groups attached to an aromatic ring is 1. The number of benzene rings is 1. The van der Waals surface area contributed by atoms with E-state index in [1.165, 1.54) is 30.5 Å². The van der Waals surface area contributed by atoms with E-state index in [-0.39, 0.29) is 40.7 Å². The number of carbonyl (C=O) groups excluding carboxylic acids is 10. The number of aliphatic hydroxyl groups excluding tert-OH is 15. The summed E-state index contributed by atoms with van der Waals surface area (Å²) < 4.78 is 0. The maximum Gasteiger partial charge on any atom is 0.327 e. The van der Waals surface area contributed by atoms with Gasteiger partial charge in [-0.2, -0.15) is 4.98 Å². The molecule has 0 radical (unpaired) electrons. The lowest BCUT2D eigenvalue weighted by Gasteiger charge is -2.28. The van der Waals surface area contributed by atoms with Crippen LogP contribution in [0.4, 0.5) is 11.6 Å². The summed E-state index contributed by atoms with van der Waals surface area (Å²) in [6, 6.07) is -8.88. The monoisotopic (exact) mass is 1720 g/mol. The molecule has 0 spiro atoms. The van der Waals surface area contributed by atoms with Crippen molar-refractivity contribution in [3.05, 3.63) is 52.1 Å². The van der Waals surface area contributed by atoms with Crippen LogP contribution in [0.25, 0.3) is 11.2 Å². The van der Waals surface area contributed by atoms with Crippen LogP contribution in [0.2, 0.25) is 0 Å². The third-order valence-corrected chi connectivity index (χ3v) is 19.1. The maximum atomic E-state index is 14.7. The van der Waals surface area contributed by atoms with Gasteiger partial charge in [-0.15, -0.1) is 0 Å². The molecule has 660 valence electrons. The van der Waals surface area contributed by atoms with Crippen molar-refractivity contribution in [3.63, 3.8) is 0 Å². The number of aromatic amines is 1. The van der Waals surface area contributed by atoms with Crippen LogP contribution >= 0.6 is 21.6 Å². The van der Waals surface area contributed by atoms with Crippen LogP contribution < -0.4 is 69.8 Å². The van der Waals surface area contributed by atoms with Gasteiger partial charge in [0.25, 0.3) is 11.5 Å². The third kappa shape index (κ3) is 35.5. The lowest BCUT2D eigenvalue weighted by atomic mass is 10.0. The molecule has 0 saturated carbocycles. The molecule has 0 aliphatic carbocycles. The number of amides is 10. The second kappa shape index (κ2) is 51.8. The number of H-pyrrole nitrogens is 1. The van der Waals surface area contributed by atoms with Crippen LogP contribution in [-0.4, -0.2) is 367 Å². The number of aromatic nitrogens is 4. The minimum absolute atomic E-state index is 0.00245. The lowest BCUT2D eigenvalue weighted by Crippen LogP contribution is -2.60. The lowest BCUT2D eigenvalue weighted by molar-refractivity contribution is -0.142. The largest absolute Gasteiger partial charge is 0.481 e. The number of carboxylic acid groups (broad SMARTS) is 4. The Labute approximate surface area is 675 Å². The van der Waals surface area contributed by atoms with Crippen molar-refractivity contribution in [2.24, 2.45) is 0 Å². The smallest absolute Gasteiger partial charge is 0.327 e. The first-order valence-electron chi connectivity index (χ1n) is 35.9. The fraction of sp³-hybridized carbons (Fsp3) is 0.606. The van der Waals surface area contributed by atoms with Gasteiger partial charge in [-0.3, -0.25) is 67.3 Å². The summed E-state index contributed by atoms with van der Waals surface area (Å²) >= 11 is 0. The average molecular weight is 1730 g/mol. The molecule has 33 N–H and O–H groups in total. The molecule has 3 aromatic rings. The number of hydrogen-bond acceptors (Lipinski definition) is 37. The number of carbonyl (C=O) groups is 14. The van der Waals surface area contributed by atoms with Gasteiger partial charge >= 0.3 is 23.9 Å². The molecule has 10 amide bonds. The minimum atomic E-state index is -2.24. The van der Waals surface area contributed by atoms with Crippen molar-refractivity contribution in [3.8, 4) is 0 Å². The Balaban J connectivity index is 2.07. The first-order valence-corrected chi connectivity index (χ1v) is 38.6. The van der Waals surface area contributed by atoms with Crippen LogP contribution in [0, 0.1) is 0 Å². The standard InChI is InChI=1S/C66H100N16O34S2/c1-117-118-26-36(65(115)116)80-62(111)32(8-14-45(94)71-22-39(88)52(102)55(105)42(91)25-85)76-61(110)34(11-17-48(98)99)78-59(108)31(7-13-44(93)70-21-38(87)51(101)54(104)41(90)24-84)75-60(109)33(10-16-47(96)97)77-58(107)30(6-12-43(92)69-20-37(86)50(100)53(103)40(89)23-83)74-46(95)15-9-35(64(113)114)79-57(106)27-2-4-28(5-3-27)68-18-29-19-72-56-49(73-29)63(112)82-66(67)81-56/h2-5,19,30-42,50-55,68,83-91,100-105H,6-18,20-26H2,1H3,(H,69,92)(H,70,93)(H,71,94)(H,74,95)(H,75,109)(H,76,110)(H,77,107)(H,78,108)(H,79,106)(H,80,111)(H,96,97)(H,98,99)(H,113,114)(H,115,116)(H3,67,72,81,82,112)/t30-,31-,32-,33+,34+,35-,36+,37-,38-,39-,40+,41+,42+,50+,51+,52+,53+,54+,55+/m0/s1. The zero-order chi connectivity index (χ0) is 88.8. The summed E-state index contributed by atoms with van der Waals surface area (Å²) in [5.41, 5.74) is 5.36. The number of nitrogens with two attached hydrogens (primary N) is 1. The van der Waals surface area contributed by atoms with Gasteiger partial charge in [0.15, 0.2) is 11.2 Å². The van der Waals surface area contributed by atoms with Crippen LogP contribution in [-0.2, 0) is 68.9 Å². The van der Waals surface area contributed by atoms with Gasteiger partial charge in [0.05, 0.1) is 56.6 Å². The Hall–Kier alpha value is -10.3. The van der Waals surface area contributed by atoms with Crippen LogP contribution in [0.1, 0.15) is 93.1 Å². The van der Waals surface area contributed by atoms with Crippen molar-refractivity contribution in [2.75, 3.05) is 62.5 Å². The highest BCUT2D eigenvalue weighted by Crippen LogP contribution is 2.19. The molecule has 2 aromatic heterocycles. The Morgan fingerprint density at radius 3 is 1.13 bits per heavy atom. The van der Waals surface area contributed by atoms with E-state index in [0.717, 1.165) is 21.6 Å². The molecule has 19 atom stereocenters. The molecule has 0 saturated heterocycles. The molecule has 52 heteroatoms. The molecular formula is C66H100N16O34S2. The van der Waals surface area contributed by atoms with E-state index in [1.807, 2.05) is 0 Å². The number of nitrogens with one attached hydrogen (secondary N) is 12. The fourth-order valence-corrected chi connectivity index (χ4v) is 11.7. The molecule has 118 heavy (non-hydrogen) atoms. The highest BCUT2D eigenvalue weighted by molar-refractivity contribution is 8.76. The number of anilines is 2. The van der Waals surface area contributed by atoms with E-state index in [9.17, 15) is 164 Å². The summed E-state index contributed by atoms with van der Waals surface area (Å²) in [6.07, 6.45) is -33.1. The van der Waals surface area contributed by atoms with Crippen LogP contribution in [0.3, 0.4) is 0 Å². The molecule has 0 aliphatic rings. The van der Waals surface area contributed by atoms with Crippen molar-refractivity contribution >= 4 is 127 Å². The van der Waals surface area contributed by atoms with Gasteiger partial charge in [-0.1, -0.05) is 21.6 Å². The quantitative estimate of drug-likeness (QED) is 0.0233. The summed E-state index contributed by atoms with van der Waals surface area (Å²) in [5.74, 6) is -20.1. The van der Waals surface area contributed by atoms with Crippen molar-refractivity contribution in [1.82, 2.24) is 73.1 Å². The average Bonchev–Trinajstić information content (AvgIpc) is 0.809. The number of fused-ring (bicyclic) bond motifs is 1. The topological polar surface area (TPSA) is 853 Å². The predicted molar refractivity (Wildman–Crippen MR) is 403 cm³/mol. The molecule has 3 rings (SSSR count). The summed E-state index contributed by atoms with van der Waals surface area (Å²) in [7, 11) is 2.02. The zero-order valence-corrected chi connectivity index (χ0v) is 64.5. The predicted octanol–water partition coefficient (Wildman–Crippen LogP) is -13.4. The Morgan fingerprint density at radius 1 is 0.432 bits per heavy atom. The van der Waals surface area contributed by atoms with Gasteiger partial charge in [-0.25, -0.2) is 19.6 Å². The SMILES string of the molecule is CSSC[C@@H](NC(=O)[C@H](CCC(=O)NC[C@H](O)[C@@H](O)[C@H](O)[C@H](O)CO)NC(=O)[C@@H](CCC(=O)O)NC(=O)[C@H](CCC(=O)NC[C@H](O)[C@@H](O)[C@H](O)[C@H](O)CO)NC(=O)[C@@H](CCC(=O)O)NC(=O)[C@H](CCC(=O)NC[C@H](O)[C@@H](O)[C@H](O)[C@H](O)CO)NC(=O)CC[C@H](NC(=O)c1ccc(NCc2cnc3nc(N)[nH]c(=O)c3n2)cc1)C(=O)O)C(=O)O. The molecule has 1 aromatic carbocycles.